The molecule has 0 saturated carbocycles. The smallest absolute Gasteiger partial charge is 0.237 e. The van der Waals surface area contributed by atoms with Gasteiger partial charge in [-0.1, -0.05) is 26.7 Å². The molecule has 0 aromatic heterocycles. The Morgan fingerprint density at radius 1 is 1.57 bits per heavy atom. The Bertz CT molecular complexity index is 196. The van der Waals surface area contributed by atoms with Crippen LogP contribution in [0.15, 0.2) is 0 Å². The van der Waals surface area contributed by atoms with Crippen molar-refractivity contribution in [1.82, 2.24) is 4.90 Å². The molecule has 0 spiro atoms. The Hall–Kier alpha value is -0.240. The monoisotopic (exact) mass is 217 g/mol. The molecule has 82 valence electrons. The average molecular weight is 218 g/mol. The van der Waals surface area contributed by atoms with Crippen molar-refractivity contribution in [3.8, 4) is 0 Å². The molecule has 14 heavy (non-hydrogen) atoms. The molecule has 1 aliphatic rings. The molecular formula is C11H20ClNO. The zero-order chi connectivity index (χ0) is 10.6. The van der Waals surface area contributed by atoms with Crippen molar-refractivity contribution in [2.24, 2.45) is 5.92 Å². The van der Waals surface area contributed by atoms with E-state index in [2.05, 4.69) is 13.8 Å². The molecule has 1 fully saturated rings. The fourth-order valence-electron chi connectivity index (χ4n) is 2.25. The van der Waals surface area contributed by atoms with Crippen molar-refractivity contribution in [1.29, 1.82) is 0 Å². The van der Waals surface area contributed by atoms with Crippen LogP contribution in [0.4, 0.5) is 0 Å². The van der Waals surface area contributed by atoms with Gasteiger partial charge in [0.15, 0.2) is 0 Å². The topological polar surface area (TPSA) is 20.3 Å². The molecule has 0 N–H and O–H groups in total. The lowest BCUT2D eigenvalue weighted by molar-refractivity contribution is -0.129. The highest BCUT2D eigenvalue weighted by Crippen LogP contribution is 2.26. The summed E-state index contributed by atoms with van der Waals surface area (Å²) in [5.74, 6) is 0.885. The van der Waals surface area contributed by atoms with Crippen LogP contribution in [0.3, 0.4) is 0 Å². The van der Waals surface area contributed by atoms with Gasteiger partial charge in [-0.25, -0.2) is 0 Å². The highest BCUT2D eigenvalue weighted by molar-refractivity contribution is 6.27. The second-order valence-corrected chi connectivity index (χ2v) is 4.58. The molecule has 1 rings (SSSR count). The SMILES string of the molecule is CCCCC1CC(C)CN1C(=O)CCl. The first kappa shape index (κ1) is 11.8. The van der Waals surface area contributed by atoms with E-state index < -0.39 is 0 Å². The molecule has 0 radical (unpaired) electrons. The van der Waals surface area contributed by atoms with Crippen LogP contribution in [0.2, 0.25) is 0 Å². The molecule has 2 nitrogen and oxygen atoms in total. The molecule has 1 heterocycles. The highest BCUT2D eigenvalue weighted by atomic mass is 35.5. The first-order chi connectivity index (χ1) is 6.69. The molecule has 2 atom stereocenters. The van der Waals surface area contributed by atoms with E-state index in [9.17, 15) is 4.79 Å². The van der Waals surface area contributed by atoms with Crippen LogP contribution in [0.25, 0.3) is 0 Å². The normalized spacial score (nSPS) is 26.9. The number of carbonyl (C=O) groups excluding carboxylic acids is 1. The molecule has 2 unspecified atom stereocenters. The summed E-state index contributed by atoms with van der Waals surface area (Å²) in [4.78, 5) is 13.5. The number of unbranched alkanes of at least 4 members (excludes halogenated alkanes) is 1. The van der Waals surface area contributed by atoms with Crippen LogP contribution in [-0.2, 0) is 4.79 Å². The van der Waals surface area contributed by atoms with Crippen molar-refractivity contribution < 1.29 is 4.79 Å². The van der Waals surface area contributed by atoms with Crippen LogP contribution >= 0.6 is 11.6 Å². The number of hydrogen-bond donors (Lipinski definition) is 0. The van der Waals surface area contributed by atoms with Crippen LogP contribution in [0.1, 0.15) is 39.5 Å². The fraction of sp³-hybridized carbons (Fsp3) is 0.909. The molecular weight excluding hydrogens is 198 g/mol. The third-order valence-electron chi connectivity index (χ3n) is 2.95. The largest absolute Gasteiger partial charge is 0.338 e. The first-order valence-corrected chi connectivity index (χ1v) is 6.07. The average Bonchev–Trinajstić information content (AvgIpc) is 2.55. The minimum atomic E-state index is 0.108. The summed E-state index contributed by atoms with van der Waals surface area (Å²) in [7, 11) is 0. The predicted octanol–water partition coefficient (Wildman–Crippen LogP) is 2.65. The maximum Gasteiger partial charge on any atom is 0.237 e. The number of amides is 1. The van der Waals surface area contributed by atoms with Crippen molar-refractivity contribution in [2.45, 2.75) is 45.6 Å². The van der Waals surface area contributed by atoms with Crippen molar-refractivity contribution in [2.75, 3.05) is 12.4 Å². The van der Waals surface area contributed by atoms with E-state index in [4.69, 9.17) is 11.6 Å². The second kappa shape index (κ2) is 5.59. The van der Waals surface area contributed by atoms with Gasteiger partial charge in [0.1, 0.15) is 5.88 Å². The molecule has 0 aliphatic carbocycles. The van der Waals surface area contributed by atoms with E-state index in [1.165, 1.54) is 12.8 Å². The van der Waals surface area contributed by atoms with Gasteiger partial charge in [-0.2, -0.15) is 0 Å². The maximum absolute atomic E-state index is 11.5. The molecule has 1 amide bonds. The van der Waals surface area contributed by atoms with Crippen LogP contribution in [0.5, 0.6) is 0 Å². The summed E-state index contributed by atoms with van der Waals surface area (Å²) >= 11 is 5.59. The highest BCUT2D eigenvalue weighted by Gasteiger charge is 2.31. The van der Waals surface area contributed by atoms with Gasteiger partial charge in [-0.3, -0.25) is 4.79 Å². The van der Waals surface area contributed by atoms with E-state index in [0.717, 1.165) is 19.4 Å². The van der Waals surface area contributed by atoms with Gasteiger partial charge in [0.05, 0.1) is 0 Å². The summed E-state index contributed by atoms with van der Waals surface area (Å²) in [6, 6.07) is 0.455. The summed E-state index contributed by atoms with van der Waals surface area (Å²) in [5.41, 5.74) is 0. The zero-order valence-electron chi connectivity index (χ0n) is 9.13. The molecule has 0 aromatic rings. The third kappa shape index (κ3) is 2.88. The Morgan fingerprint density at radius 3 is 2.86 bits per heavy atom. The number of carbonyl (C=O) groups is 1. The lowest BCUT2D eigenvalue weighted by Crippen LogP contribution is -2.36. The van der Waals surface area contributed by atoms with Gasteiger partial charge in [0, 0.05) is 12.6 Å². The van der Waals surface area contributed by atoms with Gasteiger partial charge >= 0.3 is 0 Å². The lowest BCUT2D eigenvalue weighted by atomic mass is 10.0. The molecule has 1 saturated heterocycles. The summed E-state index contributed by atoms with van der Waals surface area (Å²) in [6.45, 7) is 5.30. The van der Waals surface area contributed by atoms with Crippen molar-refractivity contribution in [3.05, 3.63) is 0 Å². The Balaban J connectivity index is 2.49. The van der Waals surface area contributed by atoms with Gasteiger partial charge in [-0.15, -0.1) is 11.6 Å². The van der Waals surface area contributed by atoms with Gasteiger partial charge in [0.2, 0.25) is 5.91 Å². The number of nitrogens with zero attached hydrogens (tertiary/aromatic N) is 1. The lowest BCUT2D eigenvalue weighted by Gasteiger charge is -2.23. The van der Waals surface area contributed by atoms with E-state index >= 15 is 0 Å². The number of hydrogen-bond acceptors (Lipinski definition) is 1. The van der Waals surface area contributed by atoms with Gasteiger partial charge in [-0.05, 0) is 18.8 Å². The zero-order valence-corrected chi connectivity index (χ0v) is 9.89. The predicted molar refractivity (Wildman–Crippen MR) is 59.5 cm³/mol. The van der Waals surface area contributed by atoms with Crippen LogP contribution in [-0.4, -0.2) is 29.3 Å². The standard InChI is InChI=1S/C11H20ClNO/c1-3-4-5-10-6-9(2)8-13(10)11(14)7-12/h9-10H,3-8H2,1-2H3. The van der Waals surface area contributed by atoms with Gasteiger partial charge in [0.25, 0.3) is 0 Å². The van der Waals surface area contributed by atoms with E-state index in [1.807, 2.05) is 4.90 Å². The number of rotatable bonds is 4. The van der Waals surface area contributed by atoms with Crippen LogP contribution in [0, 0.1) is 5.92 Å². The van der Waals surface area contributed by atoms with E-state index in [1.54, 1.807) is 0 Å². The third-order valence-corrected chi connectivity index (χ3v) is 3.18. The Labute approximate surface area is 91.6 Å². The fourth-order valence-corrected chi connectivity index (χ4v) is 2.40. The quantitative estimate of drug-likeness (QED) is 0.663. The Morgan fingerprint density at radius 2 is 2.29 bits per heavy atom. The first-order valence-electron chi connectivity index (χ1n) is 5.54. The minimum Gasteiger partial charge on any atom is -0.338 e. The Kier molecular flexibility index (Phi) is 4.73. The van der Waals surface area contributed by atoms with Gasteiger partial charge < -0.3 is 4.90 Å². The van der Waals surface area contributed by atoms with Crippen molar-refractivity contribution in [3.63, 3.8) is 0 Å². The van der Waals surface area contributed by atoms with E-state index in [0.29, 0.717) is 12.0 Å². The minimum absolute atomic E-state index is 0.108. The summed E-state index contributed by atoms with van der Waals surface area (Å²) in [6.07, 6.45) is 4.71. The van der Waals surface area contributed by atoms with Crippen molar-refractivity contribution >= 4 is 17.5 Å². The van der Waals surface area contributed by atoms with Crippen LogP contribution < -0.4 is 0 Å². The van der Waals surface area contributed by atoms with E-state index in [-0.39, 0.29) is 11.8 Å². The molecule has 0 aromatic carbocycles. The summed E-state index contributed by atoms with van der Waals surface area (Å²) in [5, 5.41) is 0. The second-order valence-electron chi connectivity index (χ2n) is 4.32. The number of alkyl halides is 1. The molecule has 0 bridgehead atoms. The maximum atomic E-state index is 11.5. The molecule has 1 aliphatic heterocycles. The number of halogens is 1. The molecule has 3 heteroatoms. The summed E-state index contributed by atoms with van der Waals surface area (Å²) < 4.78 is 0. The number of likely N-dealkylation sites (tertiary alicyclic amines) is 1.